The molecule has 11 heteroatoms. The van der Waals surface area contributed by atoms with Crippen molar-refractivity contribution in [2.45, 2.75) is 24.5 Å². The number of ether oxygens (including phenoxy) is 1. The van der Waals surface area contributed by atoms with E-state index in [0.717, 1.165) is 0 Å². The van der Waals surface area contributed by atoms with Crippen LogP contribution in [0.5, 0.6) is 0 Å². The summed E-state index contributed by atoms with van der Waals surface area (Å²) >= 11 is 0. The zero-order valence-electron chi connectivity index (χ0n) is 21.9. The second kappa shape index (κ2) is 12.5. The van der Waals surface area contributed by atoms with Crippen LogP contribution >= 0.6 is 0 Å². The van der Waals surface area contributed by atoms with Gasteiger partial charge >= 0.3 is 17.9 Å². The average Bonchev–Trinajstić information content (AvgIpc) is 3.17. The summed E-state index contributed by atoms with van der Waals surface area (Å²) in [4.78, 5) is 32.4. The van der Waals surface area contributed by atoms with E-state index in [2.05, 4.69) is 5.10 Å². The Morgan fingerprint density at radius 3 is 2.31 bits per heavy atom. The third-order valence-corrected chi connectivity index (χ3v) is 3.97. The first-order valence-electron chi connectivity index (χ1n) is 11.3. The van der Waals surface area contributed by atoms with Gasteiger partial charge in [-0.15, -0.1) is 0 Å². The Kier molecular flexibility index (Phi) is 8.08. The SMILES string of the molecule is O=C(O)CC(O)(CC(=O)O)C(=O)O.[2H]c1ccc(C([2H])(OCCN(C)C)c2ccnn2C)c([2H])c1[2H]. The van der Waals surface area contributed by atoms with Crippen LogP contribution < -0.4 is 0 Å². The highest BCUT2D eigenvalue weighted by Gasteiger charge is 2.40. The third-order valence-electron chi connectivity index (χ3n) is 3.97. The van der Waals surface area contributed by atoms with Gasteiger partial charge in [0.05, 0.1) is 30.6 Å². The lowest BCUT2D eigenvalue weighted by Crippen LogP contribution is -2.42. The number of hydrogen-bond donors (Lipinski definition) is 4. The molecule has 32 heavy (non-hydrogen) atoms. The van der Waals surface area contributed by atoms with Crippen LogP contribution in [0, 0.1) is 0 Å². The lowest BCUT2D eigenvalue weighted by atomic mass is 9.96. The summed E-state index contributed by atoms with van der Waals surface area (Å²) in [6, 6.07) is 4.18. The minimum atomic E-state index is -2.74. The summed E-state index contributed by atoms with van der Waals surface area (Å²) in [5, 5.41) is 37.9. The van der Waals surface area contributed by atoms with Gasteiger partial charge in [-0.05, 0) is 25.7 Å². The van der Waals surface area contributed by atoms with Crippen molar-refractivity contribution in [3.05, 3.63) is 53.8 Å². The molecule has 0 bridgehead atoms. The molecule has 1 atom stereocenters. The van der Waals surface area contributed by atoms with E-state index in [-0.39, 0.29) is 30.3 Å². The molecule has 11 nitrogen and oxygen atoms in total. The monoisotopic (exact) mass is 455 g/mol. The molecular formula is C21H29N3O8. The number of carboxylic acid groups (broad SMARTS) is 3. The van der Waals surface area contributed by atoms with E-state index in [0.29, 0.717) is 12.2 Å². The molecule has 1 unspecified atom stereocenters. The number of aromatic nitrogens is 2. The smallest absolute Gasteiger partial charge is 0.336 e. The van der Waals surface area contributed by atoms with Gasteiger partial charge in [0.25, 0.3) is 0 Å². The molecule has 0 saturated carbocycles. The van der Waals surface area contributed by atoms with Crippen LogP contribution in [0.25, 0.3) is 0 Å². The van der Waals surface area contributed by atoms with Crippen molar-refractivity contribution in [1.82, 2.24) is 14.7 Å². The highest BCUT2D eigenvalue weighted by Crippen LogP contribution is 2.25. The standard InChI is InChI=1S/C15H21N3O.C6H8O7/c1-17(2)11-12-19-15(13-7-5-4-6-8-13)14-9-10-16-18(14)3;7-3(8)1-6(13,5(11)12)2-4(9)10/h4-10,15H,11-12H2,1-3H3;13H,1-2H2,(H,7,8)(H,9,10)(H,11,12)/i4D,5D,7D,15D;. The van der Waals surface area contributed by atoms with Crippen molar-refractivity contribution < 1.29 is 45.0 Å². The number of rotatable bonds is 11. The summed E-state index contributed by atoms with van der Waals surface area (Å²) in [5.74, 6) is -5.02. The van der Waals surface area contributed by atoms with Gasteiger partial charge in [-0.25, -0.2) is 4.79 Å². The molecule has 1 aromatic heterocycles. The summed E-state index contributed by atoms with van der Waals surface area (Å²) in [6.07, 6.45) is -2.37. The van der Waals surface area contributed by atoms with Gasteiger partial charge in [0, 0.05) is 19.8 Å². The van der Waals surface area contributed by atoms with Crippen molar-refractivity contribution in [2.24, 2.45) is 7.05 Å². The first kappa shape index (κ1) is 20.6. The van der Waals surface area contributed by atoms with Gasteiger partial charge in [-0.1, -0.05) is 30.3 Å². The molecule has 4 N–H and O–H groups in total. The predicted octanol–water partition coefficient (Wildman–Crippen LogP) is 0.839. The summed E-state index contributed by atoms with van der Waals surface area (Å²) in [5.41, 5.74) is -2.03. The Labute approximate surface area is 191 Å². The Balaban J connectivity index is 0.000000426. The maximum atomic E-state index is 10.3. The Morgan fingerprint density at radius 1 is 1.22 bits per heavy atom. The fraction of sp³-hybridized carbons (Fsp3) is 0.429. The number of carbonyl (C=O) groups is 3. The molecular weight excluding hydrogens is 422 g/mol. The van der Waals surface area contributed by atoms with E-state index in [1.165, 1.54) is 16.8 Å². The van der Waals surface area contributed by atoms with E-state index in [9.17, 15) is 14.4 Å². The maximum absolute atomic E-state index is 10.3. The quantitative estimate of drug-likeness (QED) is 0.382. The van der Waals surface area contributed by atoms with Crippen molar-refractivity contribution in [1.29, 1.82) is 0 Å². The predicted molar refractivity (Wildman–Crippen MR) is 113 cm³/mol. The Hall–Kier alpha value is -3.28. The van der Waals surface area contributed by atoms with Gasteiger partial charge in [0.15, 0.2) is 5.60 Å². The molecule has 0 amide bonds. The fourth-order valence-electron chi connectivity index (χ4n) is 2.37. The molecule has 0 aliphatic carbocycles. The van der Waals surface area contributed by atoms with Gasteiger partial charge in [-0.2, -0.15) is 5.10 Å². The molecule has 0 aliphatic heterocycles. The van der Waals surface area contributed by atoms with Crippen LogP contribution in [-0.2, 0) is 26.2 Å². The number of nitrogens with zero attached hydrogens (tertiary/aromatic N) is 3. The van der Waals surface area contributed by atoms with E-state index in [4.69, 9.17) is 30.6 Å². The lowest BCUT2D eigenvalue weighted by Gasteiger charge is -2.20. The molecule has 1 aromatic carbocycles. The Bertz CT molecular complexity index is 1080. The third kappa shape index (κ3) is 8.84. The van der Waals surface area contributed by atoms with Gasteiger partial charge in [0.2, 0.25) is 0 Å². The zero-order chi connectivity index (χ0) is 27.8. The van der Waals surface area contributed by atoms with Crippen molar-refractivity contribution in [3.63, 3.8) is 0 Å². The van der Waals surface area contributed by atoms with Crippen LogP contribution in [0.15, 0.2) is 42.5 Å². The van der Waals surface area contributed by atoms with Gasteiger partial charge in [0.1, 0.15) is 6.08 Å². The first-order valence-corrected chi connectivity index (χ1v) is 9.29. The second-order valence-electron chi connectivity index (χ2n) is 6.94. The number of benzene rings is 1. The Morgan fingerprint density at radius 2 is 1.84 bits per heavy atom. The van der Waals surface area contributed by atoms with E-state index < -0.39 is 42.4 Å². The van der Waals surface area contributed by atoms with Crippen molar-refractivity contribution in [3.8, 4) is 0 Å². The van der Waals surface area contributed by atoms with E-state index in [1.807, 2.05) is 19.0 Å². The number of hydrogen-bond acceptors (Lipinski definition) is 7. The lowest BCUT2D eigenvalue weighted by molar-refractivity contribution is -0.170. The fourth-order valence-corrected chi connectivity index (χ4v) is 2.37. The van der Waals surface area contributed by atoms with Gasteiger partial charge < -0.3 is 30.1 Å². The molecule has 0 spiro atoms. The second-order valence-corrected chi connectivity index (χ2v) is 6.94. The van der Waals surface area contributed by atoms with Crippen LogP contribution in [0.4, 0.5) is 0 Å². The summed E-state index contributed by atoms with van der Waals surface area (Å²) in [6.45, 7) is 0.910. The van der Waals surface area contributed by atoms with Gasteiger partial charge in [-0.3, -0.25) is 14.3 Å². The highest BCUT2D eigenvalue weighted by atomic mass is 16.5. The van der Waals surface area contributed by atoms with Crippen LogP contribution in [0.1, 0.15) is 35.7 Å². The molecule has 2 rings (SSSR count). The maximum Gasteiger partial charge on any atom is 0.336 e. The number of aryl methyl sites for hydroxylation is 1. The van der Waals surface area contributed by atoms with Crippen LogP contribution in [0.3, 0.4) is 0 Å². The molecule has 1 heterocycles. The number of likely N-dealkylation sites (N-methyl/N-ethyl adjacent to an activating group) is 1. The van der Waals surface area contributed by atoms with E-state index in [1.54, 1.807) is 19.3 Å². The molecule has 0 radical (unpaired) electrons. The molecule has 0 fully saturated rings. The van der Waals surface area contributed by atoms with Crippen molar-refractivity contribution in [2.75, 3.05) is 27.2 Å². The number of aliphatic carboxylic acids is 3. The van der Waals surface area contributed by atoms with Crippen LogP contribution in [0.2, 0.25) is 0 Å². The highest BCUT2D eigenvalue weighted by molar-refractivity contribution is 5.88. The topological polar surface area (TPSA) is 162 Å². The number of carboxylic acids is 3. The first-order chi connectivity index (χ1) is 16.5. The summed E-state index contributed by atoms with van der Waals surface area (Å²) < 4.78 is 39.8. The number of aliphatic hydroxyl groups is 1. The molecule has 0 aliphatic rings. The molecule has 176 valence electrons. The molecule has 0 saturated heterocycles. The normalized spacial score (nSPS) is 14.8. The minimum absolute atomic E-state index is 0.0422. The zero-order valence-corrected chi connectivity index (χ0v) is 17.9. The minimum Gasteiger partial charge on any atom is -0.481 e. The largest absolute Gasteiger partial charge is 0.481 e. The molecule has 2 aromatic rings. The van der Waals surface area contributed by atoms with Crippen LogP contribution in [-0.4, -0.2) is 85.9 Å². The van der Waals surface area contributed by atoms with Crippen molar-refractivity contribution >= 4 is 17.9 Å². The summed E-state index contributed by atoms with van der Waals surface area (Å²) in [7, 11) is 5.52. The van der Waals surface area contributed by atoms with E-state index >= 15 is 0 Å². The average molecular weight is 456 g/mol.